The van der Waals surface area contributed by atoms with E-state index in [1.54, 1.807) is 0 Å². The first kappa shape index (κ1) is 14.7. The SMILES string of the molecule is CCC[C@H](N)c1cc(O)ccc1[N+](=O)[O-].Cl. The summed E-state index contributed by atoms with van der Waals surface area (Å²) in [6.45, 7) is 1.95. The third kappa shape index (κ3) is 3.36. The molecule has 0 saturated heterocycles. The van der Waals surface area contributed by atoms with E-state index in [0.29, 0.717) is 12.0 Å². The number of hydrogen-bond donors (Lipinski definition) is 2. The average Bonchev–Trinajstić information content (AvgIpc) is 2.17. The Bertz CT molecular complexity index is 371. The van der Waals surface area contributed by atoms with Gasteiger partial charge in [-0.3, -0.25) is 10.1 Å². The minimum absolute atomic E-state index is 0. The van der Waals surface area contributed by atoms with Crippen LogP contribution in [-0.4, -0.2) is 10.0 Å². The highest BCUT2D eigenvalue weighted by molar-refractivity contribution is 5.85. The van der Waals surface area contributed by atoms with Crippen LogP contribution in [0.5, 0.6) is 5.75 Å². The van der Waals surface area contributed by atoms with Crippen LogP contribution in [0.3, 0.4) is 0 Å². The Kier molecular flexibility index (Phi) is 5.77. The number of hydrogen-bond acceptors (Lipinski definition) is 4. The molecule has 0 aliphatic carbocycles. The van der Waals surface area contributed by atoms with Crippen LogP contribution < -0.4 is 5.73 Å². The molecular formula is C10H15ClN2O3. The van der Waals surface area contributed by atoms with Gasteiger partial charge >= 0.3 is 0 Å². The maximum absolute atomic E-state index is 10.7. The van der Waals surface area contributed by atoms with E-state index in [0.717, 1.165) is 6.42 Å². The summed E-state index contributed by atoms with van der Waals surface area (Å²) in [5, 5.41) is 20.0. The van der Waals surface area contributed by atoms with Crippen molar-refractivity contribution >= 4 is 18.1 Å². The van der Waals surface area contributed by atoms with Gasteiger partial charge in [0.15, 0.2) is 0 Å². The highest BCUT2D eigenvalue weighted by Gasteiger charge is 2.19. The van der Waals surface area contributed by atoms with Crippen molar-refractivity contribution in [1.29, 1.82) is 0 Å². The summed E-state index contributed by atoms with van der Waals surface area (Å²) < 4.78 is 0. The summed E-state index contributed by atoms with van der Waals surface area (Å²) in [4.78, 5) is 10.2. The van der Waals surface area contributed by atoms with Crippen LogP contribution >= 0.6 is 12.4 Å². The van der Waals surface area contributed by atoms with Crippen molar-refractivity contribution in [3.8, 4) is 5.75 Å². The molecule has 90 valence electrons. The number of nitrogens with zero attached hydrogens (tertiary/aromatic N) is 1. The zero-order valence-electron chi connectivity index (χ0n) is 8.92. The third-order valence-electron chi connectivity index (χ3n) is 2.21. The predicted octanol–water partition coefficient (Wildman–Crippen LogP) is 2.52. The number of benzene rings is 1. The van der Waals surface area contributed by atoms with Gasteiger partial charge in [-0.1, -0.05) is 13.3 Å². The second-order valence-corrected chi connectivity index (χ2v) is 3.40. The molecule has 0 heterocycles. The molecule has 1 rings (SSSR count). The maximum atomic E-state index is 10.7. The van der Waals surface area contributed by atoms with E-state index in [2.05, 4.69) is 0 Å². The molecule has 16 heavy (non-hydrogen) atoms. The number of rotatable bonds is 4. The van der Waals surface area contributed by atoms with Crippen molar-refractivity contribution in [1.82, 2.24) is 0 Å². The number of phenolic OH excluding ortho intramolecular Hbond substituents is 1. The normalized spacial score (nSPS) is 11.6. The molecule has 0 unspecified atom stereocenters. The largest absolute Gasteiger partial charge is 0.508 e. The minimum atomic E-state index is -0.482. The molecule has 0 amide bonds. The van der Waals surface area contributed by atoms with E-state index in [9.17, 15) is 15.2 Å². The molecule has 5 nitrogen and oxygen atoms in total. The van der Waals surface area contributed by atoms with Crippen LogP contribution in [-0.2, 0) is 0 Å². The zero-order chi connectivity index (χ0) is 11.4. The first-order valence-electron chi connectivity index (χ1n) is 4.79. The lowest BCUT2D eigenvalue weighted by Gasteiger charge is -2.11. The number of phenols is 1. The maximum Gasteiger partial charge on any atom is 0.274 e. The summed E-state index contributed by atoms with van der Waals surface area (Å²) in [6, 6.07) is 3.53. The predicted molar refractivity (Wildman–Crippen MR) is 63.8 cm³/mol. The van der Waals surface area contributed by atoms with Gasteiger partial charge in [0, 0.05) is 12.1 Å². The van der Waals surface area contributed by atoms with Crippen LogP contribution in [0.15, 0.2) is 18.2 Å². The van der Waals surface area contributed by atoms with Crippen molar-refractivity contribution in [2.75, 3.05) is 0 Å². The van der Waals surface area contributed by atoms with E-state index < -0.39 is 11.0 Å². The highest BCUT2D eigenvalue weighted by Crippen LogP contribution is 2.29. The fraction of sp³-hybridized carbons (Fsp3) is 0.400. The smallest absolute Gasteiger partial charge is 0.274 e. The molecule has 6 heteroatoms. The van der Waals surface area contributed by atoms with Crippen molar-refractivity contribution in [2.24, 2.45) is 5.73 Å². The average molecular weight is 247 g/mol. The number of nitro groups is 1. The molecule has 0 saturated carbocycles. The van der Waals surface area contributed by atoms with E-state index in [4.69, 9.17) is 5.73 Å². The molecule has 0 spiro atoms. The molecule has 0 fully saturated rings. The first-order chi connectivity index (χ1) is 7.06. The Hall–Kier alpha value is -1.33. The van der Waals surface area contributed by atoms with E-state index in [-0.39, 0.29) is 23.8 Å². The monoisotopic (exact) mass is 246 g/mol. The fourth-order valence-electron chi connectivity index (χ4n) is 1.47. The molecular weight excluding hydrogens is 232 g/mol. The third-order valence-corrected chi connectivity index (χ3v) is 2.21. The first-order valence-corrected chi connectivity index (χ1v) is 4.79. The van der Waals surface area contributed by atoms with Gasteiger partial charge < -0.3 is 10.8 Å². The molecule has 0 bridgehead atoms. The molecule has 0 aromatic heterocycles. The highest BCUT2D eigenvalue weighted by atomic mass is 35.5. The second kappa shape index (κ2) is 6.30. The zero-order valence-corrected chi connectivity index (χ0v) is 9.74. The molecule has 3 N–H and O–H groups in total. The van der Waals surface area contributed by atoms with Crippen molar-refractivity contribution in [2.45, 2.75) is 25.8 Å². The van der Waals surface area contributed by atoms with Gasteiger partial charge in [-0.05, 0) is 18.6 Å². The summed E-state index contributed by atoms with van der Waals surface area (Å²) in [6.07, 6.45) is 1.50. The van der Waals surface area contributed by atoms with Crippen molar-refractivity contribution in [3.05, 3.63) is 33.9 Å². The standard InChI is InChI=1S/C10H14N2O3.ClH/c1-2-3-9(11)8-6-7(13)4-5-10(8)12(14)15;/h4-6,9,13H,2-3,11H2,1H3;1H/t9-;/m0./s1. The molecule has 0 radical (unpaired) electrons. The number of aromatic hydroxyl groups is 1. The number of halogens is 1. The Morgan fingerprint density at radius 2 is 2.19 bits per heavy atom. The Morgan fingerprint density at radius 3 is 2.69 bits per heavy atom. The molecule has 1 aromatic carbocycles. The number of nitro benzene ring substituents is 1. The Morgan fingerprint density at radius 1 is 1.56 bits per heavy atom. The van der Waals surface area contributed by atoms with Crippen LogP contribution in [0.2, 0.25) is 0 Å². The van der Waals surface area contributed by atoms with Gasteiger partial charge in [0.1, 0.15) is 5.75 Å². The fourth-order valence-corrected chi connectivity index (χ4v) is 1.47. The van der Waals surface area contributed by atoms with Gasteiger partial charge in [-0.25, -0.2) is 0 Å². The Labute approximate surface area is 99.8 Å². The second-order valence-electron chi connectivity index (χ2n) is 3.40. The molecule has 1 atom stereocenters. The van der Waals surface area contributed by atoms with Crippen molar-refractivity contribution < 1.29 is 10.0 Å². The summed E-state index contributed by atoms with van der Waals surface area (Å²) in [7, 11) is 0. The molecule has 0 aliphatic heterocycles. The van der Waals surface area contributed by atoms with Gasteiger partial charge in [-0.15, -0.1) is 12.4 Å². The van der Waals surface area contributed by atoms with Crippen molar-refractivity contribution in [3.63, 3.8) is 0 Å². The van der Waals surface area contributed by atoms with Gasteiger partial charge in [0.2, 0.25) is 0 Å². The number of nitrogens with two attached hydrogens (primary N) is 1. The van der Waals surface area contributed by atoms with Crippen LogP contribution in [0.25, 0.3) is 0 Å². The van der Waals surface area contributed by atoms with Crippen LogP contribution in [0.4, 0.5) is 5.69 Å². The summed E-state index contributed by atoms with van der Waals surface area (Å²) in [5.74, 6) is 0.00199. The lowest BCUT2D eigenvalue weighted by Crippen LogP contribution is -2.11. The Balaban J connectivity index is 0.00000225. The van der Waals surface area contributed by atoms with Gasteiger partial charge in [-0.2, -0.15) is 0 Å². The lowest BCUT2D eigenvalue weighted by molar-refractivity contribution is -0.385. The quantitative estimate of drug-likeness (QED) is 0.631. The van der Waals surface area contributed by atoms with E-state index in [1.165, 1.54) is 18.2 Å². The van der Waals surface area contributed by atoms with E-state index in [1.807, 2.05) is 6.92 Å². The minimum Gasteiger partial charge on any atom is -0.508 e. The topological polar surface area (TPSA) is 89.4 Å². The lowest BCUT2D eigenvalue weighted by atomic mass is 10.0. The summed E-state index contributed by atoms with van der Waals surface area (Å²) >= 11 is 0. The van der Waals surface area contributed by atoms with E-state index >= 15 is 0 Å². The summed E-state index contributed by atoms with van der Waals surface area (Å²) in [5.41, 5.74) is 6.15. The van der Waals surface area contributed by atoms with Crippen LogP contribution in [0.1, 0.15) is 31.4 Å². The molecule has 0 aliphatic rings. The van der Waals surface area contributed by atoms with Gasteiger partial charge in [0.25, 0.3) is 5.69 Å². The molecule has 1 aromatic rings. The van der Waals surface area contributed by atoms with Crippen LogP contribution in [0, 0.1) is 10.1 Å². The van der Waals surface area contributed by atoms with Gasteiger partial charge in [0.05, 0.1) is 10.5 Å².